The maximum absolute atomic E-state index is 8.56. The smallest absolute Gasteiger partial charge is 0.185 e. The van der Waals surface area contributed by atoms with Crippen LogP contribution in [-0.4, -0.2) is 18.0 Å². The van der Waals surface area contributed by atoms with E-state index in [1.54, 1.807) is 0 Å². The van der Waals surface area contributed by atoms with Crippen LogP contribution in [0.5, 0.6) is 0 Å². The summed E-state index contributed by atoms with van der Waals surface area (Å²) < 4.78 is 5.34. The maximum Gasteiger partial charge on any atom is 0.185 e. The second-order valence-electron chi connectivity index (χ2n) is 3.84. The van der Waals surface area contributed by atoms with Gasteiger partial charge in [-0.2, -0.15) is 5.26 Å². The van der Waals surface area contributed by atoms with Crippen molar-refractivity contribution >= 4 is 5.90 Å². The van der Waals surface area contributed by atoms with Gasteiger partial charge in [0.25, 0.3) is 0 Å². The lowest BCUT2D eigenvalue weighted by molar-refractivity contribution is 0.272. The zero-order valence-corrected chi connectivity index (χ0v) is 7.79. The van der Waals surface area contributed by atoms with Crippen LogP contribution in [0.15, 0.2) is 4.99 Å². The molecule has 0 saturated heterocycles. The van der Waals surface area contributed by atoms with Gasteiger partial charge >= 0.3 is 0 Å². The monoisotopic (exact) mass is 166 g/mol. The average molecular weight is 166 g/mol. The Bertz CT molecular complexity index is 237. The van der Waals surface area contributed by atoms with Crippen LogP contribution in [0.1, 0.15) is 27.2 Å². The second-order valence-corrected chi connectivity index (χ2v) is 3.84. The van der Waals surface area contributed by atoms with Gasteiger partial charge in [-0.25, -0.2) is 4.99 Å². The Hall–Kier alpha value is -1.04. The van der Waals surface area contributed by atoms with Gasteiger partial charge in [0, 0.05) is 6.42 Å². The Balaban J connectivity index is 2.52. The quantitative estimate of drug-likeness (QED) is 0.627. The number of hydrogen-bond acceptors (Lipinski definition) is 3. The highest BCUT2D eigenvalue weighted by atomic mass is 16.5. The van der Waals surface area contributed by atoms with E-state index < -0.39 is 0 Å². The average Bonchev–Trinajstić information content (AvgIpc) is 2.30. The van der Waals surface area contributed by atoms with Gasteiger partial charge < -0.3 is 4.74 Å². The molecule has 3 heteroatoms. The third-order valence-electron chi connectivity index (χ3n) is 1.72. The molecule has 3 nitrogen and oxygen atoms in total. The van der Waals surface area contributed by atoms with Gasteiger partial charge in [-0.15, -0.1) is 0 Å². The van der Waals surface area contributed by atoms with Crippen molar-refractivity contribution in [2.24, 2.45) is 10.9 Å². The minimum atomic E-state index is -0.0927. The van der Waals surface area contributed by atoms with Crippen molar-refractivity contribution in [3.8, 4) is 6.07 Å². The Labute approximate surface area is 73.1 Å². The van der Waals surface area contributed by atoms with Gasteiger partial charge in [0.2, 0.25) is 0 Å². The van der Waals surface area contributed by atoms with Crippen molar-refractivity contribution in [3.63, 3.8) is 0 Å². The van der Waals surface area contributed by atoms with E-state index in [1.165, 1.54) is 0 Å². The summed E-state index contributed by atoms with van der Waals surface area (Å²) in [5, 5.41) is 8.56. The highest BCUT2D eigenvalue weighted by Gasteiger charge is 2.26. The van der Waals surface area contributed by atoms with Crippen LogP contribution in [0.3, 0.4) is 0 Å². The first-order valence-electron chi connectivity index (χ1n) is 4.15. The van der Waals surface area contributed by atoms with Crippen LogP contribution in [0.2, 0.25) is 0 Å². The third kappa shape index (κ3) is 2.23. The number of nitriles is 1. The van der Waals surface area contributed by atoms with Crippen molar-refractivity contribution < 1.29 is 4.74 Å². The van der Waals surface area contributed by atoms with E-state index in [0.29, 0.717) is 13.0 Å². The Morgan fingerprint density at radius 1 is 1.75 bits per heavy atom. The first-order valence-corrected chi connectivity index (χ1v) is 4.15. The summed E-state index contributed by atoms with van der Waals surface area (Å²) in [7, 11) is 0. The molecule has 0 aliphatic carbocycles. The third-order valence-corrected chi connectivity index (χ3v) is 1.72. The molecule has 1 aliphatic rings. The molecule has 0 amide bonds. The van der Waals surface area contributed by atoms with Gasteiger partial charge in [0.15, 0.2) is 5.90 Å². The molecule has 0 aromatic rings. The van der Waals surface area contributed by atoms with Crippen molar-refractivity contribution in [1.82, 2.24) is 0 Å². The largest absolute Gasteiger partial charge is 0.478 e. The zero-order valence-electron chi connectivity index (χ0n) is 7.79. The summed E-state index contributed by atoms with van der Waals surface area (Å²) in [4.78, 5) is 4.35. The molecular weight excluding hydrogens is 152 g/mol. The highest BCUT2D eigenvalue weighted by Crippen LogP contribution is 2.19. The summed E-state index contributed by atoms with van der Waals surface area (Å²) in [5.41, 5.74) is -0.0927. The maximum atomic E-state index is 8.56. The molecule has 0 bridgehead atoms. The van der Waals surface area contributed by atoms with Crippen molar-refractivity contribution in [2.75, 3.05) is 6.61 Å². The minimum absolute atomic E-state index is 0.00218. The first kappa shape index (κ1) is 9.05. The molecule has 1 unspecified atom stereocenters. The van der Waals surface area contributed by atoms with Gasteiger partial charge in [0.1, 0.15) is 6.61 Å². The van der Waals surface area contributed by atoms with Gasteiger partial charge in [-0.05, 0) is 20.8 Å². The fourth-order valence-electron chi connectivity index (χ4n) is 1.07. The molecule has 12 heavy (non-hydrogen) atoms. The van der Waals surface area contributed by atoms with Crippen LogP contribution in [0.4, 0.5) is 0 Å². The Morgan fingerprint density at radius 2 is 2.42 bits per heavy atom. The van der Waals surface area contributed by atoms with E-state index >= 15 is 0 Å². The van der Waals surface area contributed by atoms with E-state index in [9.17, 15) is 0 Å². The number of rotatable bonds is 2. The van der Waals surface area contributed by atoms with Gasteiger partial charge in [-0.1, -0.05) is 0 Å². The van der Waals surface area contributed by atoms with Crippen LogP contribution in [0.25, 0.3) is 0 Å². The lowest BCUT2D eigenvalue weighted by Gasteiger charge is -2.07. The summed E-state index contributed by atoms with van der Waals surface area (Å²) in [6.45, 7) is 6.56. The van der Waals surface area contributed by atoms with E-state index in [0.717, 1.165) is 5.90 Å². The van der Waals surface area contributed by atoms with Crippen molar-refractivity contribution in [1.29, 1.82) is 5.26 Å². The van der Waals surface area contributed by atoms with E-state index in [2.05, 4.69) is 11.1 Å². The van der Waals surface area contributed by atoms with Crippen LogP contribution < -0.4 is 0 Å². The molecule has 0 fully saturated rings. The molecule has 1 aliphatic heterocycles. The molecule has 66 valence electrons. The predicted molar refractivity (Wildman–Crippen MR) is 46.9 cm³/mol. The topological polar surface area (TPSA) is 45.4 Å². The second kappa shape index (κ2) is 3.14. The molecule has 1 heterocycles. The number of nitrogens with zero attached hydrogens (tertiary/aromatic N) is 2. The fourth-order valence-corrected chi connectivity index (χ4v) is 1.07. The minimum Gasteiger partial charge on any atom is -0.478 e. The van der Waals surface area contributed by atoms with E-state index in [-0.39, 0.29) is 11.5 Å². The molecule has 1 rings (SSSR count). The lowest BCUT2D eigenvalue weighted by Crippen LogP contribution is -2.17. The summed E-state index contributed by atoms with van der Waals surface area (Å²) in [6.07, 6.45) is 0.639. The van der Waals surface area contributed by atoms with Crippen molar-refractivity contribution in [2.45, 2.75) is 32.7 Å². The molecule has 0 radical (unpaired) electrons. The predicted octanol–water partition coefficient (Wildman–Crippen LogP) is 1.74. The molecule has 0 saturated carbocycles. The number of hydrogen-bond donors (Lipinski definition) is 0. The zero-order chi connectivity index (χ0) is 9.19. The van der Waals surface area contributed by atoms with Crippen molar-refractivity contribution in [3.05, 3.63) is 0 Å². The lowest BCUT2D eigenvalue weighted by atomic mass is 10.1. The van der Waals surface area contributed by atoms with Crippen LogP contribution in [0, 0.1) is 17.2 Å². The molecular formula is C9H14N2O. The number of aliphatic imine (C=N–C) groups is 1. The number of ether oxygens (including phenoxy) is 1. The summed E-state index contributed by atoms with van der Waals surface area (Å²) in [6, 6.07) is 2.16. The molecule has 0 aromatic heterocycles. The molecule has 0 aromatic carbocycles. The Morgan fingerprint density at radius 3 is 2.83 bits per heavy atom. The highest BCUT2D eigenvalue weighted by molar-refractivity contribution is 5.78. The summed E-state index contributed by atoms with van der Waals surface area (Å²) >= 11 is 0. The van der Waals surface area contributed by atoms with Gasteiger partial charge in [-0.3, -0.25) is 0 Å². The molecule has 0 spiro atoms. The SMILES string of the molecule is CC(C#N)CC1=NC(C)(C)CO1. The van der Waals surface area contributed by atoms with E-state index in [1.807, 2.05) is 20.8 Å². The molecule has 0 N–H and O–H groups in total. The standard InChI is InChI=1S/C9H14N2O/c1-7(5-10)4-8-11-9(2,3)6-12-8/h7H,4,6H2,1-3H3. The fraction of sp³-hybridized carbons (Fsp3) is 0.778. The summed E-state index contributed by atoms with van der Waals surface area (Å²) in [5.74, 6) is 0.728. The van der Waals surface area contributed by atoms with Crippen LogP contribution >= 0.6 is 0 Å². The van der Waals surface area contributed by atoms with E-state index in [4.69, 9.17) is 10.00 Å². The van der Waals surface area contributed by atoms with Crippen LogP contribution in [-0.2, 0) is 4.74 Å². The Kier molecular flexibility index (Phi) is 2.37. The molecule has 1 atom stereocenters. The first-order chi connectivity index (χ1) is 5.53. The normalized spacial score (nSPS) is 22.3. The van der Waals surface area contributed by atoms with Gasteiger partial charge in [0.05, 0.1) is 17.5 Å².